The van der Waals surface area contributed by atoms with Crippen LogP contribution >= 0.6 is 0 Å². The second-order valence-electron chi connectivity index (χ2n) is 8.01. The smallest absolute Gasteiger partial charge is 0.326 e. The fourth-order valence-corrected chi connectivity index (χ4v) is 3.37. The number of H-pyrrole nitrogens is 1. The van der Waals surface area contributed by atoms with Crippen molar-refractivity contribution >= 4 is 46.5 Å². The van der Waals surface area contributed by atoms with Crippen LogP contribution in [0.5, 0.6) is 0 Å². The van der Waals surface area contributed by atoms with E-state index in [1.165, 1.54) is 0 Å². The number of carboxylic acid groups (broad SMARTS) is 2. The van der Waals surface area contributed by atoms with Gasteiger partial charge in [-0.05, 0) is 18.1 Å². The molecular weight excluding hydrogens is 476 g/mol. The number of fused-ring (bicyclic) bond motifs is 1. The van der Waals surface area contributed by atoms with E-state index in [-0.39, 0.29) is 19.3 Å². The van der Waals surface area contributed by atoms with E-state index in [1.807, 2.05) is 12.1 Å². The molecule has 3 unspecified atom stereocenters. The highest BCUT2D eigenvalue weighted by atomic mass is 16.4. The van der Waals surface area contributed by atoms with Crippen LogP contribution in [0.15, 0.2) is 30.5 Å². The summed E-state index contributed by atoms with van der Waals surface area (Å²) in [5.74, 6) is -5.92. The lowest BCUT2D eigenvalue weighted by Gasteiger charge is -2.21. The molecule has 0 bridgehead atoms. The lowest BCUT2D eigenvalue weighted by atomic mass is 10.0. The standard InChI is InChI=1S/C22H28N6O8/c23-13(8-19(31)32)20(33)26-10-18(30)27-16(7-11-9-25-14-4-2-1-3-12(11)14)21(34)28-15(22(35)36)5-6-17(24)29/h1-4,9,13,15-16,25H,5-8,10,23H2,(H2,24,29)(H,26,33)(H,27,30)(H,28,34)(H,31,32)(H,35,36). The molecule has 0 spiro atoms. The van der Waals surface area contributed by atoms with Crippen LogP contribution in [0.25, 0.3) is 10.9 Å². The molecule has 0 saturated heterocycles. The molecule has 0 radical (unpaired) electrons. The van der Waals surface area contributed by atoms with Gasteiger partial charge in [0.1, 0.15) is 12.1 Å². The summed E-state index contributed by atoms with van der Waals surface area (Å²) < 4.78 is 0. The minimum Gasteiger partial charge on any atom is -0.481 e. The number of carboxylic acids is 2. The number of aromatic nitrogens is 1. The number of aliphatic carboxylic acids is 2. The van der Waals surface area contributed by atoms with Gasteiger partial charge in [-0.15, -0.1) is 0 Å². The SMILES string of the molecule is NC(=O)CCC(NC(=O)C(Cc1c[nH]c2ccccc12)NC(=O)CNC(=O)C(N)CC(=O)O)C(=O)O. The Hall–Kier alpha value is -4.46. The Bertz CT molecular complexity index is 1150. The zero-order valence-corrected chi connectivity index (χ0v) is 19.2. The molecule has 10 N–H and O–H groups in total. The lowest BCUT2D eigenvalue weighted by Crippen LogP contribution is -2.54. The number of primary amides is 1. The fraction of sp³-hybridized carbons (Fsp3) is 0.364. The van der Waals surface area contributed by atoms with Gasteiger partial charge in [-0.1, -0.05) is 18.2 Å². The number of aromatic amines is 1. The second kappa shape index (κ2) is 12.9. The summed E-state index contributed by atoms with van der Waals surface area (Å²) in [5, 5.41) is 25.8. The third-order valence-corrected chi connectivity index (χ3v) is 5.20. The van der Waals surface area contributed by atoms with Crippen molar-refractivity contribution in [2.75, 3.05) is 6.54 Å². The van der Waals surface area contributed by atoms with Crippen molar-refractivity contribution in [2.45, 2.75) is 43.8 Å². The maximum absolute atomic E-state index is 13.0. The van der Waals surface area contributed by atoms with Gasteiger partial charge in [0.25, 0.3) is 0 Å². The first-order valence-corrected chi connectivity index (χ1v) is 10.9. The first-order chi connectivity index (χ1) is 17.0. The molecule has 0 saturated carbocycles. The Balaban J connectivity index is 2.15. The summed E-state index contributed by atoms with van der Waals surface area (Å²) >= 11 is 0. The highest BCUT2D eigenvalue weighted by molar-refractivity contribution is 5.94. The monoisotopic (exact) mass is 504 g/mol. The average Bonchev–Trinajstić information content (AvgIpc) is 3.21. The van der Waals surface area contributed by atoms with Gasteiger partial charge in [-0.2, -0.15) is 0 Å². The number of benzene rings is 1. The number of amides is 4. The number of nitrogens with two attached hydrogens (primary N) is 2. The van der Waals surface area contributed by atoms with Gasteiger partial charge in [0.05, 0.1) is 19.0 Å². The van der Waals surface area contributed by atoms with Gasteiger partial charge in [0, 0.05) is 29.9 Å². The Morgan fingerprint density at radius 3 is 2.31 bits per heavy atom. The number of hydrogen-bond donors (Lipinski definition) is 8. The minimum atomic E-state index is -1.43. The Morgan fingerprint density at radius 1 is 0.972 bits per heavy atom. The van der Waals surface area contributed by atoms with Crippen molar-refractivity contribution in [1.82, 2.24) is 20.9 Å². The number of hydrogen-bond acceptors (Lipinski definition) is 7. The van der Waals surface area contributed by atoms with Crippen molar-refractivity contribution in [3.63, 3.8) is 0 Å². The van der Waals surface area contributed by atoms with Crippen LogP contribution in [0.4, 0.5) is 0 Å². The topological polar surface area (TPSA) is 247 Å². The van der Waals surface area contributed by atoms with Gasteiger partial charge in [0.2, 0.25) is 23.6 Å². The van der Waals surface area contributed by atoms with Crippen LogP contribution in [-0.2, 0) is 35.2 Å². The largest absolute Gasteiger partial charge is 0.481 e. The Kier molecular flexibility index (Phi) is 9.92. The van der Waals surface area contributed by atoms with Crippen LogP contribution in [-0.4, -0.2) is 75.4 Å². The third-order valence-electron chi connectivity index (χ3n) is 5.20. The Labute approximate surface area is 204 Å². The predicted octanol–water partition coefficient (Wildman–Crippen LogP) is -2.05. The zero-order chi connectivity index (χ0) is 26.8. The molecule has 0 aliphatic carbocycles. The number of rotatable bonds is 14. The maximum Gasteiger partial charge on any atom is 0.326 e. The van der Waals surface area contributed by atoms with Crippen molar-refractivity contribution in [3.05, 3.63) is 36.0 Å². The van der Waals surface area contributed by atoms with E-state index < -0.39 is 66.7 Å². The fourth-order valence-electron chi connectivity index (χ4n) is 3.37. The molecule has 0 aliphatic heterocycles. The van der Waals surface area contributed by atoms with E-state index in [2.05, 4.69) is 20.9 Å². The van der Waals surface area contributed by atoms with E-state index >= 15 is 0 Å². The van der Waals surface area contributed by atoms with E-state index in [4.69, 9.17) is 16.6 Å². The molecule has 1 heterocycles. The van der Waals surface area contributed by atoms with Crippen LogP contribution in [0.2, 0.25) is 0 Å². The Morgan fingerprint density at radius 2 is 1.67 bits per heavy atom. The maximum atomic E-state index is 13.0. The zero-order valence-electron chi connectivity index (χ0n) is 19.2. The summed E-state index contributed by atoms with van der Waals surface area (Å²) in [6.07, 6.45) is 0.448. The van der Waals surface area contributed by atoms with Crippen LogP contribution < -0.4 is 27.4 Å². The molecule has 2 rings (SSSR count). The molecule has 3 atom stereocenters. The summed E-state index contributed by atoms with van der Waals surface area (Å²) in [6, 6.07) is 3.15. The molecule has 14 nitrogen and oxygen atoms in total. The first kappa shape index (κ1) is 27.8. The second-order valence-corrected chi connectivity index (χ2v) is 8.01. The molecular formula is C22H28N6O8. The molecule has 1 aromatic heterocycles. The number of carbonyl (C=O) groups is 6. The molecule has 36 heavy (non-hydrogen) atoms. The van der Waals surface area contributed by atoms with Crippen LogP contribution in [0.1, 0.15) is 24.8 Å². The molecule has 0 fully saturated rings. The predicted molar refractivity (Wildman–Crippen MR) is 125 cm³/mol. The normalized spacial score (nSPS) is 13.2. The van der Waals surface area contributed by atoms with Gasteiger partial charge in [-0.3, -0.25) is 24.0 Å². The molecule has 14 heteroatoms. The van der Waals surface area contributed by atoms with Crippen LogP contribution in [0, 0.1) is 0 Å². The summed E-state index contributed by atoms with van der Waals surface area (Å²) in [6.45, 7) is -0.603. The number of para-hydroxylation sites is 1. The molecule has 2 aromatic rings. The van der Waals surface area contributed by atoms with E-state index in [0.29, 0.717) is 5.56 Å². The first-order valence-electron chi connectivity index (χ1n) is 10.9. The van der Waals surface area contributed by atoms with Crippen molar-refractivity contribution < 1.29 is 39.0 Å². The van der Waals surface area contributed by atoms with Crippen LogP contribution in [0.3, 0.4) is 0 Å². The minimum absolute atomic E-state index is 0.0315. The highest BCUT2D eigenvalue weighted by Crippen LogP contribution is 2.19. The lowest BCUT2D eigenvalue weighted by molar-refractivity contribution is -0.142. The van der Waals surface area contributed by atoms with Crippen molar-refractivity contribution in [2.24, 2.45) is 11.5 Å². The molecule has 4 amide bonds. The summed E-state index contributed by atoms with van der Waals surface area (Å²) in [7, 11) is 0. The number of nitrogens with one attached hydrogen (secondary N) is 4. The molecule has 194 valence electrons. The quantitative estimate of drug-likeness (QED) is 0.141. The summed E-state index contributed by atoms with van der Waals surface area (Å²) in [5.41, 5.74) is 11.9. The third kappa shape index (κ3) is 8.39. The van der Waals surface area contributed by atoms with Gasteiger partial charge >= 0.3 is 11.9 Å². The van der Waals surface area contributed by atoms with Gasteiger partial charge < -0.3 is 42.6 Å². The van der Waals surface area contributed by atoms with Gasteiger partial charge in [-0.25, -0.2) is 4.79 Å². The van der Waals surface area contributed by atoms with Crippen molar-refractivity contribution in [1.29, 1.82) is 0 Å². The summed E-state index contributed by atoms with van der Waals surface area (Å²) in [4.78, 5) is 73.7. The molecule has 0 aliphatic rings. The molecule has 1 aromatic carbocycles. The highest BCUT2D eigenvalue weighted by Gasteiger charge is 2.28. The van der Waals surface area contributed by atoms with Crippen molar-refractivity contribution in [3.8, 4) is 0 Å². The average molecular weight is 505 g/mol. The van der Waals surface area contributed by atoms with Gasteiger partial charge in [0.15, 0.2) is 0 Å². The van der Waals surface area contributed by atoms with E-state index in [1.54, 1.807) is 18.3 Å². The number of carbonyl (C=O) groups excluding carboxylic acids is 4. The van der Waals surface area contributed by atoms with E-state index in [9.17, 15) is 33.9 Å². The van der Waals surface area contributed by atoms with E-state index in [0.717, 1.165) is 10.9 Å².